The largest absolute Gasteiger partial charge is 0.316 e. The van der Waals surface area contributed by atoms with Crippen molar-refractivity contribution in [2.24, 2.45) is 29.6 Å². The van der Waals surface area contributed by atoms with Crippen molar-refractivity contribution in [2.45, 2.75) is 66.2 Å². The van der Waals surface area contributed by atoms with E-state index in [2.05, 4.69) is 45.7 Å². The molecule has 3 atom stereocenters. The molecule has 0 heterocycles. The fourth-order valence-electron chi connectivity index (χ4n) is 3.67. The van der Waals surface area contributed by atoms with E-state index in [1.165, 1.54) is 51.6 Å². The van der Waals surface area contributed by atoms with Crippen LogP contribution < -0.4 is 5.32 Å². The van der Waals surface area contributed by atoms with E-state index >= 15 is 0 Å². The Morgan fingerprint density at radius 3 is 2.50 bits per heavy atom. The first-order chi connectivity index (χ1) is 9.54. The summed E-state index contributed by atoms with van der Waals surface area (Å²) in [6.07, 6.45) is 10.4. The third-order valence-electron chi connectivity index (χ3n) is 5.07. The van der Waals surface area contributed by atoms with Crippen LogP contribution in [0.5, 0.6) is 0 Å². The summed E-state index contributed by atoms with van der Waals surface area (Å²) in [6, 6.07) is 0. The Kier molecular flexibility index (Phi) is 8.52. The molecule has 0 aromatic rings. The molecule has 0 saturated heterocycles. The maximum Gasteiger partial charge on any atom is -0.00178 e. The van der Waals surface area contributed by atoms with Crippen molar-refractivity contribution in [1.82, 2.24) is 5.32 Å². The molecular formula is C19H37N. The highest BCUT2D eigenvalue weighted by Crippen LogP contribution is 2.39. The molecule has 0 radical (unpaired) electrons. The Morgan fingerprint density at radius 1 is 1.15 bits per heavy atom. The zero-order valence-electron chi connectivity index (χ0n) is 14.3. The van der Waals surface area contributed by atoms with Crippen LogP contribution in [0.15, 0.2) is 12.7 Å². The van der Waals surface area contributed by atoms with Crippen molar-refractivity contribution in [1.29, 1.82) is 0 Å². The zero-order valence-corrected chi connectivity index (χ0v) is 14.3. The summed E-state index contributed by atoms with van der Waals surface area (Å²) in [7, 11) is 0. The van der Waals surface area contributed by atoms with Gasteiger partial charge in [0.1, 0.15) is 0 Å². The molecule has 20 heavy (non-hydrogen) atoms. The third-order valence-corrected chi connectivity index (χ3v) is 5.07. The standard InChI is InChI=1S/C19H37N/c1-6-7-8-9-18-12-17(16(4)5)10-11-19(18)14-20-13-15(2)3/h6,15-20H,1,7-14H2,2-5H3. The van der Waals surface area contributed by atoms with Gasteiger partial charge in [-0.3, -0.25) is 0 Å². The quantitative estimate of drug-likeness (QED) is 0.447. The highest BCUT2D eigenvalue weighted by Gasteiger charge is 2.30. The Morgan fingerprint density at radius 2 is 1.90 bits per heavy atom. The summed E-state index contributed by atoms with van der Waals surface area (Å²) in [6.45, 7) is 15.7. The minimum atomic E-state index is 0.765. The van der Waals surface area contributed by atoms with Crippen molar-refractivity contribution in [3.05, 3.63) is 12.7 Å². The van der Waals surface area contributed by atoms with Crippen LogP contribution in [0.3, 0.4) is 0 Å². The van der Waals surface area contributed by atoms with Gasteiger partial charge in [0.25, 0.3) is 0 Å². The Balaban J connectivity index is 2.44. The number of nitrogens with one attached hydrogen (secondary N) is 1. The van der Waals surface area contributed by atoms with Gasteiger partial charge in [-0.15, -0.1) is 6.58 Å². The number of unbranched alkanes of at least 4 members (excludes halogenated alkanes) is 1. The molecular weight excluding hydrogens is 242 g/mol. The normalized spacial score (nSPS) is 27.2. The van der Waals surface area contributed by atoms with E-state index < -0.39 is 0 Å². The predicted octanol–water partition coefficient (Wildman–Crippen LogP) is 5.28. The van der Waals surface area contributed by atoms with Crippen LogP contribution in [-0.4, -0.2) is 13.1 Å². The molecule has 1 aliphatic rings. The van der Waals surface area contributed by atoms with Crippen molar-refractivity contribution in [3.8, 4) is 0 Å². The minimum absolute atomic E-state index is 0.765. The molecule has 1 rings (SSSR count). The van der Waals surface area contributed by atoms with E-state index in [0.29, 0.717) is 0 Å². The fourth-order valence-corrected chi connectivity index (χ4v) is 3.67. The monoisotopic (exact) mass is 279 g/mol. The van der Waals surface area contributed by atoms with Crippen LogP contribution in [0.2, 0.25) is 0 Å². The van der Waals surface area contributed by atoms with Crippen molar-refractivity contribution in [3.63, 3.8) is 0 Å². The van der Waals surface area contributed by atoms with Gasteiger partial charge in [0.15, 0.2) is 0 Å². The lowest BCUT2D eigenvalue weighted by Gasteiger charge is -2.38. The van der Waals surface area contributed by atoms with E-state index in [-0.39, 0.29) is 0 Å². The van der Waals surface area contributed by atoms with Gasteiger partial charge >= 0.3 is 0 Å². The smallest absolute Gasteiger partial charge is 0.00178 e. The molecule has 0 spiro atoms. The number of hydrogen-bond acceptors (Lipinski definition) is 1. The molecule has 0 aliphatic heterocycles. The van der Waals surface area contributed by atoms with Gasteiger partial charge in [0.2, 0.25) is 0 Å². The lowest BCUT2D eigenvalue weighted by atomic mass is 9.69. The van der Waals surface area contributed by atoms with Crippen LogP contribution in [0, 0.1) is 29.6 Å². The van der Waals surface area contributed by atoms with E-state index in [9.17, 15) is 0 Å². The minimum Gasteiger partial charge on any atom is -0.316 e. The van der Waals surface area contributed by atoms with Gasteiger partial charge in [-0.2, -0.15) is 0 Å². The second kappa shape index (κ2) is 9.60. The molecule has 0 aromatic heterocycles. The van der Waals surface area contributed by atoms with Crippen LogP contribution >= 0.6 is 0 Å². The Hall–Kier alpha value is -0.300. The fraction of sp³-hybridized carbons (Fsp3) is 0.895. The van der Waals surface area contributed by atoms with Gasteiger partial charge < -0.3 is 5.32 Å². The molecule has 3 unspecified atom stereocenters. The first-order valence-corrected chi connectivity index (χ1v) is 8.86. The van der Waals surface area contributed by atoms with Crippen LogP contribution in [0.4, 0.5) is 0 Å². The lowest BCUT2D eigenvalue weighted by Crippen LogP contribution is -2.35. The summed E-state index contributed by atoms with van der Waals surface area (Å²) in [5, 5.41) is 3.70. The Labute approximate surface area is 127 Å². The SMILES string of the molecule is C=CCCCC1CC(C(C)C)CCC1CNCC(C)C. The van der Waals surface area contributed by atoms with Gasteiger partial charge in [-0.25, -0.2) is 0 Å². The van der Waals surface area contributed by atoms with E-state index in [1.54, 1.807) is 0 Å². The van der Waals surface area contributed by atoms with Gasteiger partial charge in [0.05, 0.1) is 0 Å². The predicted molar refractivity (Wildman–Crippen MR) is 90.9 cm³/mol. The first-order valence-electron chi connectivity index (χ1n) is 8.86. The summed E-state index contributed by atoms with van der Waals surface area (Å²) >= 11 is 0. The topological polar surface area (TPSA) is 12.0 Å². The average molecular weight is 280 g/mol. The first kappa shape index (κ1) is 17.8. The maximum absolute atomic E-state index is 3.86. The number of allylic oxidation sites excluding steroid dienone is 1. The van der Waals surface area contributed by atoms with Gasteiger partial charge in [-0.05, 0) is 81.2 Å². The zero-order chi connectivity index (χ0) is 15.0. The number of hydrogen-bond donors (Lipinski definition) is 1. The third kappa shape index (κ3) is 6.43. The molecule has 0 aromatic carbocycles. The molecule has 1 saturated carbocycles. The molecule has 1 aliphatic carbocycles. The summed E-state index contributed by atoms with van der Waals surface area (Å²) < 4.78 is 0. The van der Waals surface area contributed by atoms with Crippen LogP contribution in [0.25, 0.3) is 0 Å². The molecule has 1 heteroatoms. The highest BCUT2D eigenvalue weighted by atomic mass is 14.9. The summed E-state index contributed by atoms with van der Waals surface area (Å²) in [5.41, 5.74) is 0. The molecule has 1 nitrogen and oxygen atoms in total. The maximum atomic E-state index is 3.86. The van der Waals surface area contributed by atoms with E-state index in [4.69, 9.17) is 0 Å². The molecule has 118 valence electrons. The second-order valence-electron chi connectivity index (χ2n) is 7.61. The number of rotatable bonds is 9. The summed E-state index contributed by atoms with van der Waals surface area (Å²) in [4.78, 5) is 0. The van der Waals surface area contributed by atoms with Crippen molar-refractivity contribution >= 4 is 0 Å². The molecule has 1 N–H and O–H groups in total. The second-order valence-corrected chi connectivity index (χ2v) is 7.61. The highest BCUT2D eigenvalue weighted by molar-refractivity contribution is 4.83. The van der Waals surface area contributed by atoms with E-state index in [0.717, 1.165) is 29.6 Å². The Bertz CT molecular complexity index is 254. The summed E-state index contributed by atoms with van der Waals surface area (Å²) in [5.74, 6) is 4.44. The molecule has 0 amide bonds. The van der Waals surface area contributed by atoms with Crippen molar-refractivity contribution in [2.75, 3.05) is 13.1 Å². The van der Waals surface area contributed by atoms with Crippen LogP contribution in [0.1, 0.15) is 66.2 Å². The lowest BCUT2D eigenvalue weighted by molar-refractivity contribution is 0.135. The molecule has 0 bridgehead atoms. The van der Waals surface area contributed by atoms with Gasteiger partial charge in [-0.1, -0.05) is 33.8 Å². The van der Waals surface area contributed by atoms with Crippen LogP contribution in [-0.2, 0) is 0 Å². The van der Waals surface area contributed by atoms with Crippen molar-refractivity contribution < 1.29 is 0 Å². The molecule has 1 fully saturated rings. The van der Waals surface area contributed by atoms with E-state index in [1.807, 2.05) is 0 Å². The average Bonchev–Trinajstić information content (AvgIpc) is 2.39. The van der Waals surface area contributed by atoms with Gasteiger partial charge in [0, 0.05) is 0 Å².